The maximum Gasteiger partial charge on any atom is 0.254 e. The number of piperazine rings is 1. The predicted octanol–water partition coefficient (Wildman–Crippen LogP) is 1.78. The minimum Gasteiger partial charge on any atom is -0.391 e. The third-order valence-electron chi connectivity index (χ3n) is 4.75. The van der Waals surface area contributed by atoms with Gasteiger partial charge in [-0.25, -0.2) is 13.2 Å². The van der Waals surface area contributed by atoms with E-state index in [1.54, 1.807) is 0 Å². The van der Waals surface area contributed by atoms with Crippen LogP contribution in [0.15, 0.2) is 12.1 Å². The summed E-state index contributed by atoms with van der Waals surface area (Å²) in [4.78, 5) is 16.0. The number of benzene rings is 1. The fourth-order valence-corrected chi connectivity index (χ4v) is 3.47. The Morgan fingerprint density at radius 3 is 2.17 bits per heavy atom. The first-order chi connectivity index (χ1) is 11.0. The summed E-state index contributed by atoms with van der Waals surface area (Å²) in [5.41, 5.74) is -0.184. The zero-order valence-electron chi connectivity index (χ0n) is 12.6. The molecule has 1 heterocycles. The molecule has 1 N–H and O–H groups in total. The lowest BCUT2D eigenvalue weighted by atomic mass is 10.1. The van der Waals surface area contributed by atoms with Gasteiger partial charge in [0.2, 0.25) is 0 Å². The highest BCUT2D eigenvalue weighted by atomic mass is 19.2. The Morgan fingerprint density at radius 2 is 1.65 bits per heavy atom. The Balaban J connectivity index is 1.64. The first kappa shape index (κ1) is 16.3. The summed E-state index contributed by atoms with van der Waals surface area (Å²) in [6.07, 6.45) is 2.43. The SMILES string of the molecule is O=C(c1cc(F)c(F)c(F)c1)N1CCN([C@H]2CCC[C@H]2O)CC1. The van der Waals surface area contributed by atoms with Gasteiger partial charge in [0.05, 0.1) is 6.10 Å². The Hall–Kier alpha value is -1.60. The number of aliphatic hydroxyl groups is 1. The van der Waals surface area contributed by atoms with E-state index < -0.39 is 23.4 Å². The van der Waals surface area contributed by atoms with Crippen LogP contribution in [-0.2, 0) is 0 Å². The van der Waals surface area contributed by atoms with Gasteiger partial charge < -0.3 is 10.0 Å². The van der Waals surface area contributed by atoms with Gasteiger partial charge in [0.1, 0.15) is 0 Å². The zero-order chi connectivity index (χ0) is 16.6. The fourth-order valence-electron chi connectivity index (χ4n) is 3.47. The molecule has 1 aliphatic carbocycles. The Bertz CT molecular complexity index is 580. The van der Waals surface area contributed by atoms with E-state index in [4.69, 9.17) is 0 Å². The highest BCUT2D eigenvalue weighted by molar-refractivity contribution is 5.94. The van der Waals surface area contributed by atoms with Crippen LogP contribution in [0.2, 0.25) is 0 Å². The van der Waals surface area contributed by atoms with E-state index in [-0.39, 0.29) is 17.7 Å². The second-order valence-corrected chi connectivity index (χ2v) is 6.15. The molecule has 1 aromatic rings. The van der Waals surface area contributed by atoms with E-state index in [1.807, 2.05) is 0 Å². The molecule has 1 aromatic carbocycles. The number of carbonyl (C=O) groups is 1. The molecule has 4 nitrogen and oxygen atoms in total. The third kappa shape index (κ3) is 3.21. The van der Waals surface area contributed by atoms with Crippen LogP contribution in [0.1, 0.15) is 29.6 Å². The highest BCUT2D eigenvalue weighted by Gasteiger charge is 2.33. The minimum atomic E-state index is -1.57. The highest BCUT2D eigenvalue weighted by Crippen LogP contribution is 2.25. The number of carbonyl (C=O) groups excluding carboxylic acids is 1. The molecule has 7 heteroatoms. The molecule has 0 aromatic heterocycles. The smallest absolute Gasteiger partial charge is 0.254 e. The number of rotatable bonds is 2. The van der Waals surface area contributed by atoms with Gasteiger partial charge in [-0.05, 0) is 31.4 Å². The minimum absolute atomic E-state index is 0.132. The molecule has 0 radical (unpaired) electrons. The van der Waals surface area contributed by atoms with Gasteiger partial charge in [0, 0.05) is 37.8 Å². The van der Waals surface area contributed by atoms with E-state index in [2.05, 4.69) is 4.90 Å². The van der Waals surface area contributed by atoms with Crippen LogP contribution in [0.5, 0.6) is 0 Å². The molecule has 2 aliphatic rings. The summed E-state index contributed by atoms with van der Waals surface area (Å²) in [5.74, 6) is -4.79. The number of halogens is 3. The Kier molecular flexibility index (Phi) is 4.59. The molecule has 2 fully saturated rings. The number of hydrogen-bond acceptors (Lipinski definition) is 3. The molecule has 1 saturated heterocycles. The van der Waals surface area contributed by atoms with Crippen molar-refractivity contribution >= 4 is 5.91 Å². The lowest BCUT2D eigenvalue weighted by Crippen LogP contribution is -2.53. The number of nitrogens with zero attached hydrogens (tertiary/aromatic N) is 2. The summed E-state index contributed by atoms with van der Waals surface area (Å²) < 4.78 is 39.5. The molecule has 1 amide bonds. The van der Waals surface area contributed by atoms with Crippen molar-refractivity contribution < 1.29 is 23.1 Å². The molecule has 23 heavy (non-hydrogen) atoms. The van der Waals surface area contributed by atoms with Gasteiger partial charge in [-0.15, -0.1) is 0 Å². The average Bonchev–Trinajstić information content (AvgIpc) is 2.97. The maximum absolute atomic E-state index is 13.3. The van der Waals surface area contributed by atoms with Crippen molar-refractivity contribution in [1.29, 1.82) is 0 Å². The Labute approximate surface area is 132 Å². The molecule has 0 spiro atoms. The zero-order valence-corrected chi connectivity index (χ0v) is 12.6. The van der Waals surface area contributed by atoms with E-state index >= 15 is 0 Å². The van der Waals surface area contributed by atoms with E-state index in [0.717, 1.165) is 31.4 Å². The summed E-state index contributed by atoms with van der Waals surface area (Å²) in [6, 6.07) is 1.59. The van der Waals surface area contributed by atoms with Crippen molar-refractivity contribution in [2.75, 3.05) is 26.2 Å². The molecule has 2 atom stereocenters. The molecular formula is C16H19F3N2O2. The summed E-state index contributed by atoms with van der Waals surface area (Å²) in [5, 5.41) is 9.94. The van der Waals surface area contributed by atoms with Crippen LogP contribution >= 0.6 is 0 Å². The number of amides is 1. The predicted molar refractivity (Wildman–Crippen MR) is 77.4 cm³/mol. The van der Waals surface area contributed by atoms with Crippen molar-refractivity contribution in [3.05, 3.63) is 35.1 Å². The van der Waals surface area contributed by atoms with Gasteiger partial charge in [-0.3, -0.25) is 9.69 Å². The summed E-state index contributed by atoms with van der Waals surface area (Å²) in [6.45, 7) is 2.06. The van der Waals surface area contributed by atoms with Gasteiger partial charge in [0.15, 0.2) is 17.5 Å². The molecule has 1 aliphatic heterocycles. The summed E-state index contributed by atoms with van der Waals surface area (Å²) >= 11 is 0. The quantitative estimate of drug-likeness (QED) is 0.842. The lowest BCUT2D eigenvalue weighted by Gasteiger charge is -2.39. The standard InChI is InChI=1S/C16H19F3N2O2/c17-11-8-10(9-12(18)15(11)19)16(23)21-6-4-20(5-7-21)13-2-1-3-14(13)22/h8-9,13-14,22H,1-7H2/t13-,14+/m0/s1. The van der Waals surface area contributed by atoms with E-state index in [0.29, 0.717) is 26.2 Å². The average molecular weight is 328 g/mol. The van der Waals surface area contributed by atoms with E-state index in [9.17, 15) is 23.1 Å². The largest absolute Gasteiger partial charge is 0.391 e. The first-order valence-corrected chi connectivity index (χ1v) is 7.83. The van der Waals surface area contributed by atoms with Gasteiger partial charge in [-0.2, -0.15) is 0 Å². The molecule has 1 saturated carbocycles. The first-order valence-electron chi connectivity index (χ1n) is 7.83. The second kappa shape index (κ2) is 6.49. The second-order valence-electron chi connectivity index (χ2n) is 6.15. The lowest BCUT2D eigenvalue weighted by molar-refractivity contribution is 0.0315. The number of aliphatic hydroxyl groups excluding tert-OH is 1. The van der Waals surface area contributed by atoms with Crippen LogP contribution in [0.25, 0.3) is 0 Å². The summed E-state index contributed by atoms with van der Waals surface area (Å²) in [7, 11) is 0. The Morgan fingerprint density at radius 1 is 1.04 bits per heavy atom. The van der Waals surface area contributed by atoms with Crippen LogP contribution in [-0.4, -0.2) is 59.1 Å². The van der Waals surface area contributed by atoms with Crippen LogP contribution in [0.4, 0.5) is 13.2 Å². The normalized spacial score (nSPS) is 25.8. The van der Waals surface area contributed by atoms with E-state index in [1.165, 1.54) is 4.90 Å². The maximum atomic E-state index is 13.3. The molecule has 0 unspecified atom stereocenters. The van der Waals surface area contributed by atoms with Crippen LogP contribution < -0.4 is 0 Å². The van der Waals surface area contributed by atoms with Crippen LogP contribution in [0.3, 0.4) is 0 Å². The van der Waals surface area contributed by atoms with Crippen molar-refractivity contribution in [2.24, 2.45) is 0 Å². The number of hydrogen-bond donors (Lipinski definition) is 1. The topological polar surface area (TPSA) is 43.8 Å². The van der Waals surface area contributed by atoms with Crippen molar-refractivity contribution in [3.63, 3.8) is 0 Å². The fraction of sp³-hybridized carbons (Fsp3) is 0.562. The van der Waals surface area contributed by atoms with Crippen molar-refractivity contribution in [1.82, 2.24) is 9.80 Å². The van der Waals surface area contributed by atoms with Crippen LogP contribution in [0, 0.1) is 17.5 Å². The molecule has 0 bridgehead atoms. The monoisotopic (exact) mass is 328 g/mol. The molecule has 3 rings (SSSR count). The molecular weight excluding hydrogens is 309 g/mol. The van der Waals surface area contributed by atoms with Gasteiger partial charge in [-0.1, -0.05) is 0 Å². The molecule has 126 valence electrons. The van der Waals surface area contributed by atoms with Gasteiger partial charge in [0.25, 0.3) is 5.91 Å². The third-order valence-corrected chi connectivity index (χ3v) is 4.75. The van der Waals surface area contributed by atoms with Crippen molar-refractivity contribution in [3.8, 4) is 0 Å². The van der Waals surface area contributed by atoms with Gasteiger partial charge >= 0.3 is 0 Å². The van der Waals surface area contributed by atoms with Crippen molar-refractivity contribution in [2.45, 2.75) is 31.4 Å².